The van der Waals surface area contributed by atoms with Crippen LogP contribution in [0.4, 0.5) is 11.4 Å². The van der Waals surface area contributed by atoms with Gasteiger partial charge in [-0.05, 0) is 43.3 Å². The number of rotatable bonds is 5. The van der Waals surface area contributed by atoms with E-state index in [0.717, 1.165) is 5.56 Å². The molecule has 0 spiro atoms. The van der Waals surface area contributed by atoms with Crippen molar-refractivity contribution in [3.63, 3.8) is 0 Å². The molecular weight excluding hydrogens is 358 g/mol. The summed E-state index contributed by atoms with van der Waals surface area (Å²) < 4.78 is 1.42. The number of aryl methyl sites for hydroxylation is 2. The van der Waals surface area contributed by atoms with Crippen LogP contribution in [0, 0.1) is 6.92 Å². The van der Waals surface area contributed by atoms with Gasteiger partial charge in [0.2, 0.25) is 0 Å². The number of nitrogens with two attached hydrogens (primary N) is 1. The molecule has 3 rings (SSSR count). The minimum absolute atomic E-state index is 0.0734. The molecule has 8 nitrogen and oxygen atoms in total. The van der Waals surface area contributed by atoms with Gasteiger partial charge < -0.3 is 20.9 Å². The summed E-state index contributed by atoms with van der Waals surface area (Å²) in [7, 11) is 1.60. The highest BCUT2D eigenvalue weighted by Crippen LogP contribution is 2.17. The maximum atomic E-state index is 12.4. The van der Waals surface area contributed by atoms with Crippen molar-refractivity contribution in [3.8, 4) is 0 Å². The molecule has 0 aliphatic rings. The summed E-state index contributed by atoms with van der Waals surface area (Å²) in [5, 5.41) is 5.47. The number of primary amides is 1. The lowest BCUT2D eigenvalue weighted by Gasteiger charge is -2.09. The van der Waals surface area contributed by atoms with E-state index in [4.69, 9.17) is 5.73 Å². The van der Waals surface area contributed by atoms with Crippen LogP contribution in [0.15, 0.2) is 54.9 Å². The largest absolute Gasteiger partial charge is 0.364 e. The molecule has 3 aromatic rings. The van der Waals surface area contributed by atoms with Gasteiger partial charge in [0.1, 0.15) is 5.69 Å². The lowest BCUT2D eigenvalue weighted by atomic mass is 10.1. The fourth-order valence-corrected chi connectivity index (χ4v) is 2.61. The summed E-state index contributed by atoms with van der Waals surface area (Å²) in [6.07, 6.45) is 1.35. The Morgan fingerprint density at radius 1 is 0.893 bits per heavy atom. The Hall–Kier alpha value is -3.94. The third-order valence-electron chi connectivity index (χ3n) is 4.10. The number of benzene rings is 2. The van der Waals surface area contributed by atoms with Crippen LogP contribution in [0.25, 0.3) is 0 Å². The van der Waals surface area contributed by atoms with Crippen LogP contribution in [0.3, 0.4) is 0 Å². The Kier molecular flexibility index (Phi) is 5.21. The number of anilines is 2. The average molecular weight is 377 g/mol. The standard InChI is InChI=1S/C20H19N5O3/c1-12-3-5-13(6-4-12)19(27)23-14-7-9-15(10-8-14)24-20(28)17-16(18(21)26)22-11-25(17)2/h3-11H,1-2H3,(H2,21,26)(H,23,27)(H,24,28). The number of amides is 3. The van der Waals surface area contributed by atoms with Crippen molar-refractivity contribution in [3.05, 3.63) is 77.4 Å². The SMILES string of the molecule is Cc1ccc(C(=O)Nc2ccc(NC(=O)c3c(C(N)=O)ncn3C)cc2)cc1. The van der Waals surface area contributed by atoms with Gasteiger partial charge in [-0.2, -0.15) is 0 Å². The number of hydrogen-bond donors (Lipinski definition) is 3. The normalized spacial score (nSPS) is 10.4. The number of carbonyl (C=O) groups excluding carboxylic acids is 3. The van der Waals surface area contributed by atoms with Crippen molar-refractivity contribution in [1.82, 2.24) is 9.55 Å². The van der Waals surface area contributed by atoms with Crippen molar-refractivity contribution < 1.29 is 14.4 Å². The summed E-state index contributed by atoms with van der Waals surface area (Å²) >= 11 is 0. The fraction of sp³-hybridized carbons (Fsp3) is 0.100. The number of hydrogen-bond acceptors (Lipinski definition) is 4. The van der Waals surface area contributed by atoms with E-state index in [9.17, 15) is 14.4 Å². The number of aromatic nitrogens is 2. The summed E-state index contributed by atoms with van der Waals surface area (Å²) in [4.78, 5) is 39.9. The van der Waals surface area contributed by atoms with Crippen LogP contribution in [-0.4, -0.2) is 27.3 Å². The molecule has 0 radical (unpaired) electrons. The minimum atomic E-state index is -0.778. The maximum absolute atomic E-state index is 12.4. The molecule has 4 N–H and O–H groups in total. The third-order valence-corrected chi connectivity index (χ3v) is 4.10. The summed E-state index contributed by atoms with van der Waals surface area (Å²) in [5.74, 6) is -1.51. The van der Waals surface area contributed by atoms with Crippen LogP contribution in [-0.2, 0) is 7.05 Å². The third kappa shape index (κ3) is 4.07. The van der Waals surface area contributed by atoms with Gasteiger partial charge in [-0.1, -0.05) is 17.7 Å². The van der Waals surface area contributed by atoms with Gasteiger partial charge in [0.15, 0.2) is 5.69 Å². The van der Waals surface area contributed by atoms with Gasteiger partial charge in [0.05, 0.1) is 6.33 Å². The van der Waals surface area contributed by atoms with Gasteiger partial charge in [0, 0.05) is 24.0 Å². The van der Waals surface area contributed by atoms with Crippen LogP contribution >= 0.6 is 0 Å². The van der Waals surface area contributed by atoms with E-state index >= 15 is 0 Å². The Bertz CT molecular complexity index is 1040. The lowest BCUT2D eigenvalue weighted by molar-refractivity contribution is 0.0970. The molecule has 1 heterocycles. The van der Waals surface area contributed by atoms with Crippen molar-refractivity contribution in [2.75, 3.05) is 10.6 Å². The van der Waals surface area contributed by atoms with Crippen LogP contribution in [0.2, 0.25) is 0 Å². The van der Waals surface area contributed by atoms with Gasteiger partial charge >= 0.3 is 0 Å². The van der Waals surface area contributed by atoms with E-state index in [0.29, 0.717) is 16.9 Å². The molecular formula is C20H19N5O3. The first kappa shape index (κ1) is 18.8. The predicted molar refractivity (Wildman–Crippen MR) is 105 cm³/mol. The molecule has 0 aliphatic heterocycles. The van der Waals surface area contributed by atoms with E-state index in [1.165, 1.54) is 10.9 Å². The first-order valence-electron chi connectivity index (χ1n) is 8.45. The van der Waals surface area contributed by atoms with Crippen molar-refractivity contribution in [1.29, 1.82) is 0 Å². The van der Waals surface area contributed by atoms with E-state index in [1.54, 1.807) is 43.4 Å². The Morgan fingerprint density at radius 3 is 1.96 bits per heavy atom. The highest BCUT2D eigenvalue weighted by molar-refractivity contribution is 6.10. The number of nitrogens with zero attached hydrogens (tertiary/aromatic N) is 2. The molecule has 0 fully saturated rings. The second-order valence-electron chi connectivity index (χ2n) is 6.27. The van der Waals surface area contributed by atoms with E-state index in [-0.39, 0.29) is 17.3 Å². The first-order chi connectivity index (χ1) is 13.3. The predicted octanol–water partition coefficient (Wildman–Crippen LogP) is 2.33. The van der Waals surface area contributed by atoms with Gasteiger partial charge in [-0.25, -0.2) is 4.98 Å². The molecule has 0 aliphatic carbocycles. The van der Waals surface area contributed by atoms with Crippen LogP contribution < -0.4 is 16.4 Å². The summed E-state index contributed by atoms with van der Waals surface area (Å²) in [6.45, 7) is 1.95. The van der Waals surface area contributed by atoms with Crippen molar-refractivity contribution in [2.45, 2.75) is 6.92 Å². The van der Waals surface area contributed by atoms with Gasteiger partial charge in [0.25, 0.3) is 17.7 Å². The zero-order valence-electron chi connectivity index (χ0n) is 15.4. The molecule has 0 atom stereocenters. The number of imidazole rings is 1. The fourth-order valence-electron chi connectivity index (χ4n) is 2.61. The topological polar surface area (TPSA) is 119 Å². The van der Waals surface area contributed by atoms with E-state index in [1.807, 2.05) is 19.1 Å². The molecule has 1 aromatic heterocycles. The zero-order valence-corrected chi connectivity index (χ0v) is 15.4. The highest BCUT2D eigenvalue weighted by Gasteiger charge is 2.20. The quantitative estimate of drug-likeness (QED) is 0.632. The monoisotopic (exact) mass is 377 g/mol. The first-order valence-corrected chi connectivity index (χ1v) is 8.45. The molecule has 3 amide bonds. The van der Waals surface area contributed by atoms with Crippen LogP contribution in [0.5, 0.6) is 0 Å². The molecule has 142 valence electrons. The molecule has 0 saturated carbocycles. The summed E-state index contributed by atoms with van der Waals surface area (Å²) in [5.41, 5.74) is 7.93. The van der Waals surface area contributed by atoms with E-state index < -0.39 is 11.8 Å². The number of carbonyl (C=O) groups is 3. The molecule has 0 saturated heterocycles. The van der Waals surface area contributed by atoms with Crippen LogP contribution in [0.1, 0.15) is 36.9 Å². The van der Waals surface area contributed by atoms with Gasteiger partial charge in [-0.15, -0.1) is 0 Å². The summed E-state index contributed by atoms with van der Waals surface area (Å²) in [6, 6.07) is 13.9. The highest BCUT2D eigenvalue weighted by atomic mass is 16.2. The Labute approximate surface area is 161 Å². The molecule has 0 unspecified atom stereocenters. The second-order valence-corrected chi connectivity index (χ2v) is 6.27. The molecule has 28 heavy (non-hydrogen) atoms. The average Bonchev–Trinajstić information content (AvgIpc) is 3.06. The maximum Gasteiger partial charge on any atom is 0.274 e. The Morgan fingerprint density at radius 2 is 1.43 bits per heavy atom. The lowest BCUT2D eigenvalue weighted by Crippen LogP contribution is -2.22. The Balaban J connectivity index is 1.68. The smallest absolute Gasteiger partial charge is 0.274 e. The molecule has 2 aromatic carbocycles. The van der Waals surface area contributed by atoms with Gasteiger partial charge in [-0.3, -0.25) is 14.4 Å². The minimum Gasteiger partial charge on any atom is -0.364 e. The van der Waals surface area contributed by atoms with Crippen molar-refractivity contribution in [2.24, 2.45) is 12.8 Å². The van der Waals surface area contributed by atoms with Crippen molar-refractivity contribution >= 4 is 29.1 Å². The van der Waals surface area contributed by atoms with E-state index in [2.05, 4.69) is 15.6 Å². The second kappa shape index (κ2) is 7.75. The zero-order chi connectivity index (χ0) is 20.3. The molecule has 0 bridgehead atoms. The molecule has 8 heteroatoms. The number of nitrogens with one attached hydrogen (secondary N) is 2.